The van der Waals surface area contributed by atoms with Crippen LogP contribution in [0.5, 0.6) is 0 Å². The molecule has 0 spiro atoms. The molecule has 0 radical (unpaired) electrons. The minimum Gasteiger partial charge on any atom is -0.310 e. The molecule has 0 fully saturated rings. The van der Waals surface area contributed by atoms with Crippen LogP contribution in [0.4, 0.5) is 5.82 Å². The highest BCUT2D eigenvalue weighted by Gasteiger charge is 2.22. The van der Waals surface area contributed by atoms with Crippen molar-refractivity contribution >= 4 is 23.1 Å². The Morgan fingerprint density at radius 2 is 1.83 bits per heavy atom. The van der Waals surface area contributed by atoms with Crippen LogP contribution < -0.4 is 5.32 Å². The molecule has 0 atom stereocenters. The molecule has 0 saturated heterocycles. The van der Waals surface area contributed by atoms with Crippen LogP contribution in [0.2, 0.25) is 0 Å². The van der Waals surface area contributed by atoms with E-state index in [1.807, 2.05) is 41.8 Å². The largest absolute Gasteiger partial charge is 0.310 e. The Balaban J connectivity index is 1.55. The highest BCUT2D eigenvalue weighted by atomic mass is 32.1. The van der Waals surface area contributed by atoms with Crippen molar-refractivity contribution in [3.8, 4) is 16.5 Å². The molecule has 0 saturated carbocycles. The summed E-state index contributed by atoms with van der Waals surface area (Å²) in [5, 5.41) is 10.4. The van der Waals surface area contributed by atoms with Gasteiger partial charge >= 0.3 is 0 Å². The summed E-state index contributed by atoms with van der Waals surface area (Å²) in [5.74, 6) is 0.774. The lowest BCUT2D eigenvalue weighted by Gasteiger charge is -2.13. The molecule has 8 heteroatoms. The van der Waals surface area contributed by atoms with Crippen LogP contribution in [-0.4, -0.2) is 30.6 Å². The van der Waals surface area contributed by atoms with Gasteiger partial charge in [0.25, 0.3) is 5.95 Å². The van der Waals surface area contributed by atoms with Gasteiger partial charge in [-0.05, 0) is 6.07 Å². The second kappa shape index (κ2) is 8.16. The Labute approximate surface area is 178 Å². The smallest absolute Gasteiger partial charge is 0.252 e. The average molecular weight is 419 g/mol. The quantitative estimate of drug-likeness (QED) is 0.523. The molecule has 3 heterocycles. The van der Waals surface area contributed by atoms with Crippen LogP contribution in [0.25, 0.3) is 16.5 Å². The van der Waals surface area contributed by atoms with Gasteiger partial charge in [0.15, 0.2) is 0 Å². The molecule has 4 rings (SSSR count). The first kappa shape index (κ1) is 19.9. The second-order valence-corrected chi connectivity index (χ2v) is 8.72. The van der Waals surface area contributed by atoms with Gasteiger partial charge in [-0.2, -0.15) is 9.78 Å². The average Bonchev–Trinajstić information content (AvgIpc) is 3.36. The van der Waals surface area contributed by atoms with Crippen molar-refractivity contribution in [1.29, 1.82) is 0 Å². The maximum Gasteiger partial charge on any atom is 0.252 e. The summed E-state index contributed by atoms with van der Waals surface area (Å²) in [7, 11) is 0. The molecule has 1 N–H and O–H groups in total. The lowest BCUT2D eigenvalue weighted by atomic mass is 9.92. The van der Waals surface area contributed by atoms with E-state index in [-0.39, 0.29) is 17.7 Å². The van der Waals surface area contributed by atoms with E-state index in [1.54, 1.807) is 23.1 Å². The summed E-state index contributed by atoms with van der Waals surface area (Å²) in [6, 6.07) is 13.5. The molecule has 7 nitrogen and oxygen atoms in total. The first-order valence-electron chi connectivity index (χ1n) is 9.58. The number of hydrogen-bond donors (Lipinski definition) is 1. The topological polar surface area (TPSA) is 85.6 Å². The predicted octanol–water partition coefficient (Wildman–Crippen LogP) is 4.26. The van der Waals surface area contributed by atoms with Gasteiger partial charge in [0.05, 0.1) is 17.8 Å². The lowest BCUT2D eigenvalue weighted by molar-refractivity contribution is -0.115. The van der Waals surface area contributed by atoms with Crippen molar-refractivity contribution in [2.24, 2.45) is 0 Å². The fourth-order valence-corrected chi connectivity index (χ4v) is 3.67. The summed E-state index contributed by atoms with van der Waals surface area (Å²) in [6.45, 7) is 6.20. The van der Waals surface area contributed by atoms with E-state index < -0.39 is 0 Å². The minimum atomic E-state index is -0.182. The number of carbonyl (C=O) groups excluding carboxylic acids is 1. The molecule has 3 aromatic heterocycles. The zero-order chi connectivity index (χ0) is 21.1. The van der Waals surface area contributed by atoms with Crippen LogP contribution >= 0.6 is 11.3 Å². The molecule has 1 aromatic carbocycles. The fraction of sp³-hybridized carbons (Fsp3) is 0.227. The highest BCUT2D eigenvalue weighted by Crippen LogP contribution is 2.26. The number of anilines is 1. The summed E-state index contributed by atoms with van der Waals surface area (Å²) in [4.78, 5) is 25.9. The predicted molar refractivity (Wildman–Crippen MR) is 118 cm³/mol. The SMILES string of the molecule is CC(C)(C)c1cc(NC(=O)Cc2csc(-c3ccccc3)n2)n(-c2ncccn2)n1. The fourth-order valence-electron chi connectivity index (χ4n) is 2.84. The molecule has 1 amide bonds. The zero-order valence-corrected chi connectivity index (χ0v) is 17.8. The third-order valence-electron chi connectivity index (χ3n) is 4.40. The minimum absolute atomic E-state index is 0.169. The molecule has 152 valence electrons. The first-order valence-corrected chi connectivity index (χ1v) is 10.5. The van der Waals surface area contributed by atoms with Gasteiger partial charge < -0.3 is 5.32 Å². The Bertz CT molecular complexity index is 1150. The number of carbonyl (C=O) groups is 1. The number of nitrogens with zero attached hydrogens (tertiary/aromatic N) is 5. The molecular weight excluding hydrogens is 396 g/mol. The number of thiazole rings is 1. The van der Waals surface area contributed by atoms with Crippen molar-refractivity contribution in [3.05, 3.63) is 71.6 Å². The molecular formula is C22H22N6OS. The summed E-state index contributed by atoms with van der Waals surface area (Å²) in [6.07, 6.45) is 3.47. The summed E-state index contributed by atoms with van der Waals surface area (Å²) < 4.78 is 1.56. The van der Waals surface area contributed by atoms with Gasteiger partial charge in [-0.15, -0.1) is 11.3 Å². The van der Waals surface area contributed by atoms with E-state index in [1.165, 1.54) is 11.3 Å². The zero-order valence-electron chi connectivity index (χ0n) is 17.0. The van der Waals surface area contributed by atoms with Crippen LogP contribution in [0.3, 0.4) is 0 Å². The molecule has 0 aliphatic heterocycles. The van der Waals surface area contributed by atoms with E-state index in [4.69, 9.17) is 0 Å². The van der Waals surface area contributed by atoms with E-state index in [0.717, 1.165) is 22.0 Å². The molecule has 0 aliphatic carbocycles. The monoisotopic (exact) mass is 418 g/mol. The second-order valence-electron chi connectivity index (χ2n) is 7.86. The first-order chi connectivity index (χ1) is 14.4. The van der Waals surface area contributed by atoms with Crippen LogP contribution in [0, 0.1) is 0 Å². The van der Waals surface area contributed by atoms with Crippen LogP contribution in [0.15, 0.2) is 60.2 Å². The molecule has 0 aliphatic rings. The van der Waals surface area contributed by atoms with Crippen LogP contribution in [-0.2, 0) is 16.6 Å². The van der Waals surface area contributed by atoms with Gasteiger partial charge in [-0.1, -0.05) is 51.1 Å². The van der Waals surface area contributed by atoms with Gasteiger partial charge in [0, 0.05) is 34.8 Å². The Morgan fingerprint density at radius 1 is 1.10 bits per heavy atom. The van der Waals surface area contributed by atoms with Crippen molar-refractivity contribution in [2.75, 3.05) is 5.32 Å². The van der Waals surface area contributed by atoms with E-state index in [2.05, 4.69) is 46.1 Å². The standard InChI is InChI=1S/C22H22N6OS/c1-22(2,3)17-13-18(28(27-17)21-23-10-7-11-24-21)26-19(29)12-16-14-30-20(25-16)15-8-5-4-6-9-15/h4-11,13-14H,12H2,1-3H3,(H,26,29). The van der Waals surface area contributed by atoms with E-state index >= 15 is 0 Å². The number of rotatable bonds is 5. The normalized spacial score (nSPS) is 11.4. The summed E-state index contributed by atoms with van der Waals surface area (Å²) >= 11 is 1.53. The number of aromatic nitrogens is 5. The highest BCUT2D eigenvalue weighted by molar-refractivity contribution is 7.13. The Morgan fingerprint density at radius 3 is 2.53 bits per heavy atom. The van der Waals surface area contributed by atoms with Gasteiger partial charge in [-0.25, -0.2) is 15.0 Å². The number of benzene rings is 1. The molecule has 30 heavy (non-hydrogen) atoms. The van der Waals surface area contributed by atoms with Crippen molar-refractivity contribution in [3.63, 3.8) is 0 Å². The maximum atomic E-state index is 12.7. The maximum absolute atomic E-state index is 12.7. The van der Waals surface area contributed by atoms with Crippen molar-refractivity contribution in [2.45, 2.75) is 32.6 Å². The van der Waals surface area contributed by atoms with Crippen LogP contribution in [0.1, 0.15) is 32.2 Å². The van der Waals surface area contributed by atoms with E-state index in [9.17, 15) is 4.79 Å². The Hall–Kier alpha value is -3.39. The third-order valence-corrected chi connectivity index (χ3v) is 5.34. The van der Waals surface area contributed by atoms with Gasteiger partial charge in [-0.3, -0.25) is 4.79 Å². The summed E-state index contributed by atoms with van der Waals surface area (Å²) in [5.41, 5.74) is 2.43. The molecule has 4 aromatic rings. The van der Waals surface area contributed by atoms with Crippen molar-refractivity contribution in [1.82, 2.24) is 24.7 Å². The number of amides is 1. The molecule has 0 unspecified atom stereocenters. The van der Waals surface area contributed by atoms with Gasteiger partial charge in [0.2, 0.25) is 5.91 Å². The lowest BCUT2D eigenvalue weighted by Crippen LogP contribution is -2.18. The molecule has 0 bridgehead atoms. The number of hydrogen-bond acceptors (Lipinski definition) is 6. The Kier molecular flexibility index (Phi) is 5.41. The van der Waals surface area contributed by atoms with E-state index in [0.29, 0.717) is 11.8 Å². The third kappa shape index (κ3) is 4.44. The van der Waals surface area contributed by atoms with Gasteiger partial charge in [0.1, 0.15) is 10.8 Å². The number of nitrogens with one attached hydrogen (secondary N) is 1. The van der Waals surface area contributed by atoms with Crippen molar-refractivity contribution < 1.29 is 4.79 Å².